The molecule has 0 radical (unpaired) electrons. The lowest BCUT2D eigenvalue weighted by molar-refractivity contribution is 0.107. The van der Waals surface area contributed by atoms with Gasteiger partial charge in [-0.2, -0.15) is 4.98 Å². The molecule has 3 aliphatic rings. The number of phenols is 1. The molecule has 7 rings (SSSR count). The number of aromatic amines is 1. The van der Waals surface area contributed by atoms with Crippen molar-refractivity contribution in [1.29, 1.82) is 0 Å². The summed E-state index contributed by atoms with van der Waals surface area (Å²) < 4.78 is 37.2. The van der Waals surface area contributed by atoms with Gasteiger partial charge in [-0.15, -0.1) is 0 Å². The van der Waals surface area contributed by atoms with Gasteiger partial charge in [0.25, 0.3) is 11.6 Å². The number of pyridine rings is 1. The number of carbonyl (C=O) groups is 1. The second kappa shape index (κ2) is 14.4. The molecule has 1 amide bonds. The van der Waals surface area contributed by atoms with Crippen molar-refractivity contribution in [2.45, 2.75) is 56.5 Å². The van der Waals surface area contributed by atoms with Gasteiger partial charge in [-0.05, 0) is 88.7 Å². The fourth-order valence-electron chi connectivity index (χ4n) is 7.35. The van der Waals surface area contributed by atoms with Gasteiger partial charge in [0.2, 0.25) is 0 Å². The molecule has 0 spiro atoms. The van der Waals surface area contributed by atoms with Crippen molar-refractivity contribution < 1.29 is 28.2 Å². The molecule has 3 saturated heterocycles. The van der Waals surface area contributed by atoms with Gasteiger partial charge >= 0.3 is 6.09 Å². The third-order valence-corrected chi connectivity index (χ3v) is 9.68. The number of benzene rings is 2. The number of alkyl carbamates (subject to hydrolysis) is 1. The Morgan fingerprint density at radius 1 is 1.16 bits per heavy atom. The maximum absolute atomic E-state index is 16.4. The quantitative estimate of drug-likeness (QED) is 0.212. The highest BCUT2D eigenvalue weighted by molar-refractivity contribution is 6.02. The van der Waals surface area contributed by atoms with E-state index in [2.05, 4.69) is 42.3 Å². The standard InChI is InChI=1S/C35H37FN6O5.CH3F/c1-34(10-4-13-37-20-34)41-33(45)46-16-3-9-22-7-2-8-23-17-24(43)18-25(27(22)23)29-28(36)30-26(19-38-29)31(44)40-32(39-30)47-21-35-11-5-14-42(35)15-6-12-35;1-2/h2,7-8,17-19,37,43H,4-6,10-16,20-21H2,1H3,(H,41,45)(H,39,40,44);1H3. The number of carbonyl (C=O) groups excluding carboxylic acids is 1. The minimum absolute atomic E-state index is 0.0158. The number of fused-ring (bicyclic) bond motifs is 3. The van der Waals surface area contributed by atoms with Crippen molar-refractivity contribution in [3.63, 3.8) is 0 Å². The number of nitrogens with zero attached hydrogens (tertiary/aromatic N) is 3. The highest BCUT2D eigenvalue weighted by atomic mass is 19.1. The van der Waals surface area contributed by atoms with Crippen molar-refractivity contribution in [1.82, 2.24) is 30.5 Å². The van der Waals surface area contributed by atoms with Gasteiger partial charge in [-0.25, -0.2) is 9.18 Å². The highest BCUT2D eigenvalue weighted by Gasteiger charge is 2.45. The van der Waals surface area contributed by atoms with Crippen molar-refractivity contribution in [2.75, 3.05) is 46.6 Å². The van der Waals surface area contributed by atoms with Crippen LogP contribution in [0.5, 0.6) is 11.8 Å². The Balaban J connectivity index is 0.00000205. The molecular weight excluding hydrogens is 634 g/mol. The Hall–Kier alpha value is -4.80. The molecule has 2 aromatic heterocycles. The number of rotatable bonds is 6. The van der Waals surface area contributed by atoms with Gasteiger partial charge in [-0.1, -0.05) is 24.0 Å². The van der Waals surface area contributed by atoms with Gasteiger partial charge in [0.1, 0.15) is 23.6 Å². The van der Waals surface area contributed by atoms with Gasteiger partial charge in [0.05, 0.1) is 23.6 Å². The summed E-state index contributed by atoms with van der Waals surface area (Å²) in [5.41, 5.74) is -0.498. The van der Waals surface area contributed by atoms with E-state index in [4.69, 9.17) is 9.47 Å². The van der Waals surface area contributed by atoms with E-state index in [-0.39, 0.29) is 51.6 Å². The first kappa shape index (κ1) is 34.1. The lowest BCUT2D eigenvalue weighted by Crippen LogP contribution is -2.55. The van der Waals surface area contributed by atoms with Crippen molar-refractivity contribution in [3.8, 4) is 34.9 Å². The van der Waals surface area contributed by atoms with Crippen LogP contribution < -0.4 is 20.9 Å². The molecule has 1 unspecified atom stereocenters. The second-order valence-electron chi connectivity index (χ2n) is 13.0. The Labute approximate surface area is 282 Å². The van der Waals surface area contributed by atoms with Crippen LogP contribution in [-0.4, -0.2) is 88.7 Å². The van der Waals surface area contributed by atoms with Gasteiger partial charge in [0.15, 0.2) is 12.4 Å². The van der Waals surface area contributed by atoms with Crippen LogP contribution in [0, 0.1) is 17.7 Å². The first-order valence-corrected chi connectivity index (χ1v) is 16.5. The molecule has 2 aromatic carbocycles. The number of halogens is 2. The minimum atomic E-state index is -0.819. The lowest BCUT2D eigenvalue weighted by atomic mass is 9.93. The number of alkyl halides is 1. The lowest BCUT2D eigenvalue weighted by Gasteiger charge is -2.34. The molecule has 3 fully saturated rings. The van der Waals surface area contributed by atoms with E-state index < -0.39 is 17.5 Å². The first-order chi connectivity index (χ1) is 23.7. The smallest absolute Gasteiger partial charge is 0.408 e. The molecular formula is C36H40F2N6O5. The molecule has 1 atom stereocenters. The van der Waals surface area contributed by atoms with Gasteiger partial charge in [0, 0.05) is 29.3 Å². The fourth-order valence-corrected chi connectivity index (χ4v) is 7.35. The summed E-state index contributed by atoms with van der Waals surface area (Å²) in [5, 5.41) is 17.9. The second-order valence-corrected chi connectivity index (χ2v) is 13.0. The number of amides is 1. The molecule has 0 aliphatic carbocycles. The Bertz CT molecular complexity index is 1970. The number of phenolic OH excluding ortho intramolecular Hbond substituents is 1. The predicted octanol–water partition coefficient (Wildman–Crippen LogP) is 4.80. The van der Waals surface area contributed by atoms with Crippen molar-refractivity contribution in [3.05, 3.63) is 58.3 Å². The molecule has 0 saturated carbocycles. The highest BCUT2D eigenvalue weighted by Crippen LogP contribution is 2.39. The topological polar surface area (TPSA) is 142 Å². The van der Waals surface area contributed by atoms with Crippen LogP contribution in [0.25, 0.3) is 32.9 Å². The fraction of sp³-hybridized carbons (Fsp3) is 0.444. The zero-order chi connectivity index (χ0) is 34.6. The molecule has 0 bridgehead atoms. The van der Waals surface area contributed by atoms with Gasteiger partial charge in [-0.3, -0.25) is 24.1 Å². The van der Waals surface area contributed by atoms with Crippen molar-refractivity contribution >= 4 is 27.8 Å². The summed E-state index contributed by atoms with van der Waals surface area (Å²) in [6.07, 6.45) is 6.76. The number of H-pyrrole nitrogens is 1. The Kier molecular flexibility index (Phi) is 9.99. The third kappa shape index (κ3) is 7.02. The van der Waals surface area contributed by atoms with Crippen LogP contribution in [0.2, 0.25) is 0 Å². The van der Waals surface area contributed by atoms with Crippen LogP contribution in [0.4, 0.5) is 13.6 Å². The molecule has 49 heavy (non-hydrogen) atoms. The SMILES string of the molecule is CC1(NC(=O)OCC#Cc2cccc3cc(O)cc(-c4ncc5c(=O)[nH]c(OCC67CCCN6CCC7)nc5c4F)c23)CCCNC1.CF. The molecule has 13 heteroatoms. The number of aromatic nitrogens is 3. The predicted molar refractivity (Wildman–Crippen MR) is 182 cm³/mol. The number of ether oxygens (including phenoxy) is 2. The third-order valence-electron chi connectivity index (χ3n) is 9.68. The monoisotopic (exact) mass is 674 g/mol. The Morgan fingerprint density at radius 2 is 1.96 bits per heavy atom. The van der Waals surface area contributed by atoms with E-state index in [1.165, 1.54) is 12.3 Å². The zero-order valence-corrected chi connectivity index (χ0v) is 27.6. The molecule has 4 aromatic rings. The zero-order valence-electron chi connectivity index (χ0n) is 27.6. The number of piperidine rings is 1. The largest absolute Gasteiger partial charge is 0.508 e. The summed E-state index contributed by atoms with van der Waals surface area (Å²) in [6, 6.07) is 8.21. The van der Waals surface area contributed by atoms with Crippen LogP contribution in [-0.2, 0) is 4.74 Å². The summed E-state index contributed by atoms with van der Waals surface area (Å²) in [5.74, 6) is 4.99. The van der Waals surface area contributed by atoms with E-state index in [1.54, 1.807) is 24.3 Å². The van der Waals surface area contributed by atoms with Crippen LogP contribution >= 0.6 is 0 Å². The number of nitrogens with one attached hydrogen (secondary N) is 3. The summed E-state index contributed by atoms with van der Waals surface area (Å²) in [4.78, 5) is 39.1. The maximum atomic E-state index is 16.4. The average molecular weight is 675 g/mol. The Morgan fingerprint density at radius 3 is 2.71 bits per heavy atom. The van der Waals surface area contributed by atoms with Crippen LogP contribution in [0.3, 0.4) is 0 Å². The van der Waals surface area contributed by atoms with E-state index in [1.807, 2.05) is 6.92 Å². The molecule has 11 nitrogen and oxygen atoms in total. The number of aromatic hydroxyl groups is 1. The normalized spacial score (nSPS) is 19.8. The number of hydrogen-bond acceptors (Lipinski definition) is 9. The van der Waals surface area contributed by atoms with E-state index >= 15 is 4.39 Å². The van der Waals surface area contributed by atoms with E-state index in [0.717, 1.165) is 58.2 Å². The molecule has 258 valence electrons. The molecule has 5 heterocycles. The van der Waals surface area contributed by atoms with E-state index in [9.17, 15) is 19.1 Å². The van der Waals surface area contributed by atoms with Crippen LogP contribution in [0.1, 0.15) is 51.0 Å². The molecule has 4 N–H and O–H groups in total. The minimum Gasteiger partial charge on any atom is -0.508 e. The first-order valence-electron chi connectivity index (χ1n) is 16.5. The summed E-state index contributed by atoms with van der Waals surface area (Å²) in [6.45, 7) is 5.81. The van der Waals surface area contributed by atoms with Crippen molar-refractivity contribution in [2.24, 2.45) is 0 Å². The number of hydrogen-bond donors (Lipinski definition) is 4. The van der Waals surface area contributed by atoms with Gasteiger partial charge < -0.3 is 25.2 Å². The van der Waals surface area contributed by atoms with Crippen LogP contribution in [0.15, 0.2) is 41.3 Å². The average Bonchev–Trinajstić information content (AvgIpc) is 3.68. The maximum Gasteiger partial charge on any atom is 0.408 e. The van der Waals surface area contributed by atoms with E-state index in [0.29, 0.717) is 36.7 Å². The molecule has 3 aliphatic heterocycles. The summed E-state index contributed by atoms with van der Waals surface area (Å²) >= 11 is 0. The summed E-state index contributed by atoms with van der Waals surface area (Å²) in [7, 11) is 0.500.